The Morgan fingerprint density at radius 3 is 1.16 bits per heavy atom. The van der Waals surface area contributed by atoms with Gasteiger partial charge in [0.05, 0.1) is 13.2 Å². The molecule has 0 fully saturated rings. The average molecular weight is 914 g/mol. The third-order valence-electron chi connectivity index (χ3n) is 7.38. The van der Waals surface area contributed by atoms with Gasteiger partial charge < -0.3 is 38.2 Å². The largest absolute Gasteiger partial charge is 0.385 e. The van der Waals surface area contributed by atoms with Gasteiger partial charge in [0.2, 0.25) is 0 Å². The zero-order valence-corrected chi connectivity index (χ0v) is 43.7. The van der Waals surface area contributed by atoms with Crippen LogP contribution in [0.4, 0.5) is 0 Å². The van der Waals surface area contributed by atoms with Crippen molar-refractivity contribution in [1.82, 2.24) is 9.80 Å². The van der Waals surface area contributed by atoms with Crippen LogP contribution in [0.1, 0.15) is 39.5 Å². The van der Waals surface area contributed by atoms with Gasteiger partial charge >= 0.3 is 0 Å². The molecule has 0 saturated carbocycles. The highest BCUT2D eigenvalue weighted by molar-refractivity contribution is 8.68. The summed E-state index contributed by atoms with van der Waals surface area (Å²) in [6, 6.07) is 0. The molecule has 0 spiro atoms. The summed E-state index contributed by atoms with van der Waals surface area (Å²) in [5.74, 6) is 0. The first-order valence-electron chi connectivity index (χ1n) is 18.4. The molecule has 51 heavy (non-hydrogen) atoms. The van der Waals surface area contributed by atoms with Gasteiger partial charge in [-0.25, -0.2) is 4.52 Å². The highest BCUT2D eigenvalue weighted by atomic mass is 32.7. The summed E-state index contributed by atoms with van der Waals surface area (Å²) in [6.45, 7) is 17.9. The molecule has 0 rings (SSSR count). The van der Waals surface area contributed by atoms with E-state index in [1.54, 1.807) is 28.4 Å². The minimum Gasteiger partial charge on any atom is -0.385 e. The Labute approximate surface area is 335 Å². The number of hydrogen-bond acceptors (Lipinski definition) is 9. The Kier molecular flexibility index (Phi) is 59.7. The second-order valence-corrected chi connectivity index (χ2v) is 31.1. The lowest BCUT2D eigenvalue weighted by Gasteiger charge is -2.28. The van der Waals surface area contributed by atoms with Crippen LogP contribution < -0.4 is 0 Å². The maximum atomic E-state index is 5.70. The first-order chi connectivity index (χ1) is 24.8. The summed E-state index contributed by atoms with van der Waals surface area (Å²) in [5.41, 5.74) is 0. The molecule has 0 aromatic heterocycles. The molecule has 0 aliphatic rings. The Hall–Kier alpha value is 3.65. The molecular formula is C32H81N3O6P10. The van der Waals surface area contributed by atoms with Gasteiger partial charge in [-0.2, -0.15) is 0 Å². The van der Waals surface area contributed by atoms with Crippen LogP contribution in [0.2, 0.25) is 0 Å². The molecule has 0 aliphatic carbocycles. The van der Waals surface area contributed by atoms with E-state index in [0.29, 0.717) is 0 Å². The molecule has 310 valence electrons. The van der Waals surface area contributed by atoms with Crippen molar-refractivity contribution in [3.8, 4) is 0 Å². The van der Waals surface area contributed by atoms with Crippen LogP contribution in [-0.4, -0.2) is 180 Å². The lowest BCUT2D eigenvalue weighted by molar-refractivity contribution is 0.118. The fourth-order valence-electron chi connectivity index (χ4n) is 4.76. The normalized spacial score (nSPS) is 11.9. The summed E-state index contributed by atoms with van der Waals surface area (Å²) >= 11 is 0. The zero-order chi connectivity index (χ0) is 38.6. The van der Waals surface area contributed by atoms with Crippen molar-refractivity contribution in [3.63, 3.8) is 0 Å². The van der Waals surface area contributed by atoms with E-state index >= 15 is 0 Å². The predicted molar refractivity (Wildman–Crippen MR) is 258 cm³/mol. The van der Waals surface area contributed by atoms with Gasteiger partial charge in [0, 0.05) is 124 Å². The van der Waals surface area contributed by atoms with Crippen LogP contribution in [0.5, 0.6) is 0 Å². The number of methoxy groups -OCH3 is 4. The van der Waals surface area contributed by atoms with E-state index in [2.05, 4.69) is 66.5 Å². The fourth-order valence-corrected chi connectivity index (χ4v) is 16.5. The van der Waals surface area contributed by atoms with Crippen molar-refractivity contribution < 1.29 is 28.4 Å². The highest BCUT2D eigenvalue weighted by Gasteiger charge is 2.15. The van der Waals surface area contributed by atoms with Gasteiger partial charge in [-0.05, 0) is 95.8 Å². The molecule has 0 N–H and O–H groups in total. The Morgan fingerprint density at radius 1 is 0.549 bits per heavy atom. The van der Waals surface area contributed by atoms with E-state index in [4.69, 9.17) is 28.4 Å². The monoisotopic (exact) mass is 913 g/mol. The molecule has 6 unspecified atom stereocenters. The molecule has 9 nitrogen and oxygen atoms in total. The van der Waals surface area contributed by atoms with Crippen LogP contribution in [0, 0.1) is 0 Å². The third-order valence-corrected chi connectivity index (χ3v) is 19.0. The molecule has 0 amide bonds. The van der Waals surface area contributed by atoms with Crippen molar-refractivity contribution in [2.24, 2.45) is 4.52 Å². The van der Waals surface area contributed by atoms with Crippen molar-refractivity contribution in [2.45, 2.75) is 39.5 Å². The standard InChI is InChI=1S/C24H53NO5P2.C8H21NOP2.H7NP6/c1-6-30-18-11-25(12-23-31(19-7-14-26-2)20-8-15-27-3)13-24-32(21-9-16-28-4)22-10-17-29-5;1-2-10-6-3-9(4-7-11)5-8-12;2-5-1-6-7(3)4/h6-24H2,1-5H3;2-8,11-12H2,1H3;6H,2-4H2. The zero-order valence-electron chi connectivity index (χ0n) is 33.4. The van der Waals surface area contributed by atoms with Crippen LogP contribution >= 0.6 is 84.6 Å². The maximum Gasteiger partial charge on any atom is 0.0593 e. The molecule has 0 saturated heterocycles. The minimum atomic E-state index is 0.0454. The number of hydrogen-bond donors (Lipinski definition) is 0. The van der Waals surface area contributed by atoms with Crippen LogP contribution in [0.25, 0.3) is 0 Å². The summed E-state index contributed by atoms with van der Waals surface area (Å²) in [5, 5.41) is 0. The quantitative estimate of drug-likeness (QED) is 0.0456. The predicted octanol–water partition coefficient (Wildman–Crippen LogP) is 8.99. The van der Waals surface area contributed by atoms with Crippen molar-refractivity contribution >= 4 is 84.6 Å². The summed E-state index contributed by atoms with van der Waals surface area (Å²) < 4.78 is 36.3. The third kappa shape index (κ3) is 49.7. The van der Waals surface area contributed by atoms with Crippen molar-refractivity contribution in [3.05, 3.63) is 0 Å². The number of ether oxygens (including phenoxy) is 6. The van der Waals surface area contributed by atoms with E-state index in [1.165, 1.54) is 75.7 Å². The van der Waals surface area contributed by atoms with Gasteiger partial charge in [0.25, 0.3) is 0 Å². The summed E-state index contributed by atoms with van der Waals surface area (Å²) in [7, 11) is 22.7. The Balaban J connectivity index is -0.000000984. The highest BCUT2D eigenvalue weighted by Crippen LogP contribution is 2.69. The molecule has 0 heterocycles. The smallest absolute Gasteiger partial charge is 0.0593 e. The average Bonchev–Trinajstić information content (AvgIpc) is 3.12. The van der Waals surface area contributed by atoms with E-state index in [1.807, 2.05) is 6.92 Å². The van der Waals surface area contributed by atoms with Crippen molar-refractivity contribution in [1.29, 1.82) is 0 Å². The Bertz CT molecular complexity index is 623. The second-order valence-electron chi connectivity index (χ2n) is 11.4. The lowest BCUT2D eigenvalue weighted by Crippen LogP contribution is -2.33. The van der Waals surface area contributed by atoms with Gasteiger partial charge in [0.1, 0.15) is 0 Å². The van der Waals surface area contributed by atoms with Gasteiger partial charge in [-0.1, -0.05) is 8.93 Å². The van der Waals surface area contributed by atoms with Gasteiger partial charge in [-0.15, -0.1) is 52.2 Å². The molecule has 19 heteroatoms. The molecule has 0 aliphatic heterocycles. The first kappa shape index (κ1) is 59.0. The summed E-state index contributed by atoms with van der Waals surface area (Å²) in [4.78, 5) is 5.09. The molecular weight excluding hydrogens is 832 g/mol. The van der Waals surface area contributed by atoms with E-state index in [0.717, 1.165) is 108 Å². The molecule has 0 aromatic rings. The lowest BCUT2D eigenvalue weighted by atomic mass is 10.5. The first-order valence-corrected chi connectivity index (χ1v) is 32.7. The van der Waals surface area contributed by atoms with Gasteiger partial charge in [-0.3, -0.25) is 0 Å². The summed E-state index contributed by atoms with van der Waals surface area (Å²) in [6.07, 6.45) is 14.9. The number of nitrogens with zero attached hydrogens (tertiary/aromatic N) is 3. The van der Waals surface area contributed by atoms with E-state index < -0.39 is 0 Å². The van der Waals surface area contributed by atoms with Gasteiger partial charge in [0.15, 0.2) is 0 Å². The van der Waals surface area contributed by atoms with Crippen LogP contribution in [0.3, 0.4) is 0 Å². The molecule has 0 radical (unpaired) electrons. The van der Waals surface area contributed by atoms with Crippen LogP contribution in [-0.2, 0) is 28.4 Å². The van der Waals surface area contributed by atoms with E-state index in [-0.39, 0.29) is 22.8 Å². The van der Waals surface area contributed by atoms with Crippen LogP contribution in [0.15, 0.2) is 4.52 Å². The SMILES string of the molecule is CCOCCN(CCP(CCCOC)CCCOC)CCP(CCCOC)CCCOC.CCOCCN(CCP)CCP.PP=NPP(P)P. The Morgan fingerprint density at radius 2 is 0.902 bits per heavy atom. The number of rotatable bonds is 36. The molecule has 0 bridgehead atoms. The molecule has 6 atom stereocenters. The topological polar surface area (TPSA) is 74.2 Å². The van der Waals surface area contributed by atoms with E-state index in [9.17, 15) is 0 Å². The minimum absolute atomic E-state index is 0.0454. The fraction of sp³-hybridized carbons (Fsp3) is 1.00. The molecule has 0 aromatic carbocycles. The van der Waals surface area contributed by atoms with Crippen molar-refractivity contribution in [2.75, 3.05) is 170 Å². The maximum absolute atomic E-state index is 5.70. The second kappa shape index (κ2) is 51.7.